The molecule has 0 aliphatic heterocycles. The summed E-state index contributed by atoms with van der Waals surface area (Å²) in [5.74, 6) is 1.53. The van der Waals surface area contributed by atoms with E-state index >= 15 is 0 Å². The first-order valence-electron chi connectivity index (χ1n) is 7.34. The van der Waals surface area contributed by atoms with Gasteiger partial charge in [0.05, 0.1) is 18.5 Å². The van der Waals surface area contributed by atoms with E-state index in [2.05, 4.69) is 41.3 Å². The van der Waals surface area contributed by atoms with Gasteiger partial charge in [-0.15, -0.1) is 0 Å². The molecule has 5 nitrogen and oxygen atoms in total. The number of aromatic nitrogens is 2. The average Bonchev–Trinajstić information content (AvgIpc) is 2.54. The van der Waals surface area contributed by atoms with Crippen LogP contribution in [0.1, 0.15) is 37.1 Å². The second-order valence-electron chi connectivity index (χ2n) is 5.20. The van der Waals surface area contributed by atoms with Crippen molar-refractivity contribution in [1.29, 1.82) is 5.26 Å². The predicted octanol–water partition coefficient (Wildman–Crippen LogP) is 3.45. The van der Waals surface area contributed by atoms with Crippen molar-refractivity contribution in [2.24, 2.45) is 0 Å². The van der Waals surface area contributed by atoms with Crippen LogP contribution < -0.4 is 10.1 Å². The molecule has 0 saturated carbocycles. The van der Waals surface area contributed by atoms with Gasteiger partial charge in [-0.25, -0.2) is 9.97 Å². The quantitative estimate of drug-likeness (QED) is 0.884. The van der Waals surface area contributed by atoms with Crippen LogP contribution in [0.25, 0.3) is 0 Å². The molecule has 0 radical (unpaired) electrons. The van der Waals surface area contributed by atoms with Crippen LogP contribution in [-0.4, -0.2) is 16.1 Å². The first kappa shape index (κ1) is 15.8. The molecule has 1 unspecified atom stereocenters. The van der Waals surface area contributed by atoms with Crippen LogP contribution in [0.4, 0.5) is 5.82 Å². The van der Waals surface area contributed by atoms with Gasteiger partial charge >= 0.3 is 0 Å². The summed E-state index contributed by atoms with van der Waals surface area (Å²) < 4.78 is 5.98. The van der Waals surface area contributed by atoms with Crippen LogP contribution >= 0.6 is 0 Å². The van der Waals surface area contributed by atoms with Gasteiger partial charge in [-0.05, 0) is 31.9 Å². The molecule has 1 atom stereocenters. The highest BCUT2D eigenvalue weighted by atomic mass is 16.5. The third-order valence-electron chi connectivity index (χ3n) is 3.35. The Kier molecular flexibility index (Phi) is 5.31. The predicted molar refractivity (Wildman–Crippen MR) is 85.6 cm³/mol. The Morgan fingerprint density at radius 1 is 1.32 bits per heavy atom. The maximum atomic E-state index is 8.72. The molecule has 0 saturated heterocycles. The highest BCUT2D eigenvalue weighted by Gasteiger charge is 2.08. The summed E-state index contributed by atoms with van der Waals surface area (Å²) in [7, 11) is 0. The van der Waals surface area contributed by atoms with Crippen molar-refractivity contribution in [1.82, 2.24) is 9.97 Å². The number of nitriles is 1. The number of benzene rings is 1. The van der Waals surface area contributed by atoms with Gasteiger partial charge in [0.2, 0.25) is 0 Å². The molecule has 2 aromatic rings. The SMILES string of the molecule is CCC(C)Oc1cc(C)ccc1CNc1cnc(C#N)cn1. The molecule has 114 valence electrons. The van der Waals surface area contributed by atoms with E-state index < -0.39 is 0 Å². The Labute approximate surface area is 131 Å². The van der Waals surface area contributed by atoms with Crippen LogP contribution in [0.5, 0.6) is 5.75 Å². The number of anilines is 1. The number of nitrogens with one attached hydrogen (secondary N) is 1. The summed E-state index contributed by atoms with van der Waals surface area (Å²) in [5, 5.41) is 11.9. The van der Waals surface area contributed by atoms with E-state index in [-0.39, 0.29) is 6.10 Å². The van der Waals surface area contributed by atoms with Gasteiger partial charge in [-0.1, -0.05) is 19.1 Å². The molecule has 0 aliphatic carbocycles. The van der Waals surface area contributed by atoms with E-state index in [4.69, 9.17) is 10.00 Å². The Morgan fingerprint density at radius 2 is 2.14 bits per heavy atom. The lowest BCUT2D eigenvalue weighted by molar-refractivity contribution is 0.215. The number of nitrogens with zero attached hydrogens (tertiary/aromatic N) is 3. The first-order chi connectivity index (χ1) is 10.6. The molecule has 0 spiro atoms. The Balaban J connectivity index is 2.09. The van der Waals surface area contributed by atoms with E-state index in [1.807, 2.05) is 19.1 Å². The standard InChI is InChI=1S/C17H20N4O/c1-4-13(3)22-16-7-12(2)5-6-14(16)9-20-17-11-19-15(8-18)10-21-17/h5-7,10-11,13H,4,9H2,1-3H3,(H,20,21). The molecule has 0 fully saturated rings. The molecule has 22 heavy (non-hydrogen) atoms. The van der Waals surface area contributed by atoms with Crippen molar-refractivity contribution in [3.05, 3.63) is 47.4 Å². The van der Waals surface area contributed by atoms with Gasteiger partial charge in [-0.3, -0.25) is 0 Å². The summed E-state index contributed by atoms with van der Waals surface area (Å²) >= 11 is 0. The molecule has 2 rings (SSSR count). The third kappa shape index (κ3) is 4.19. The topological polar surface area (TPSA) is 70.8 Å². The van der Waals surface area contributed by atoms with Gasteiger partial charge in [0.15, 0.2) is 5.69 Å². The molecule has 0 bridgehead atoms. The molecule has 5 heteroatoms. The number of ether oxygens (including phenoxy) is 1. The summed E-state index contributed by atoms with van der Waals surface area (Å²) in [4.78, 5) is 8.14. The van der Waals surface area contributed by atoms with E-state index in [1.165, 1.54) is 11.8 Å². The van der Waals surface area contributed by atoms with Gasteiger partial charge in [0, 0.05) is 12.1 Å². The van der Waals surface area contributed by atoms with Crippen LogP contribution in [0.2, 0.25) is 0 Å². The number of hydrogen-bond donors (Lipinski definition) is 1. The lowest BCUT2D eigenvalue weighted by Crippen LogP contribution is -2.12. The minimum Gasteiger partial charge on any atom is -0.490 e. The zero-order valence-corrected chi connectivity index (χ0v) is 13.1. The van der Waals surface area contributed by atoms with Crippen molar-refractivity contribution < 1.29 is 4.74 Å². The molecular weight excluding hydrogens is 276 g/mol. The lowest BCUT2D eigenvalue weighted by Gasteiger charge is -2.17. The molecule has 0 amide bonds. The smallest absolute Gasteiger partial charge is 0.158 e. The molecule has 1 aromatic heterocycles. The molecular formula is C17H20N4O. The summed E-state index contributed by atoms with van der Waals surface area (Å²) in [6, 6.07) is 8.11. The Bertz CT molecular complexity index is 661. The molecule has 1 N–H and O–H groups in total. The van der Waals surface area contributed by atoms with Crippen molar-refractivity contribution in [2.45, 2.75) is 39.8 Å². The fourth-order valence-electron chi connectivity index (χ4n) is 1.88. The Morgan fingerprint density at radius 3 is 2.77 bits per heavy atom. The van der Waals surface area contributed by atoms with E-state index in [9.17, 15) is 0 Å². The van der Waals surface area contributed by atoms with Crippen molar-refractivity contribution in [3.63, 3.8) is 0 Å². The monoisotopic (exact) mass is 296 g/mol. The van der Waals surface area contributed by atoms with Crippen LogP contribution in [-0.2, 0) is 6.54 Å². The van der Waals surface area contributed by atoms with E-state index in [0.717, 1.165) is 17.7 Å². The number of aryl methyl sites for hydroxylation is 1. The fourth-order valence-corrected chi connectivity index (χ4v) is 1.88. The summed E-state index contributed by atoms with van der Waals surface area (Å²) in [6.45, 7) is 6.80. The molecule has 1 aromatic carbocycles. The fraction of sp³-hybridized carbons (Fsp3) is 0.353. The number of hydrogen-bond acceptors (Lipinski definition) is 5. The number of rotatable bonds is 6. The minimum atomic E-state index is 0.176. The van der Waals surface area contributed by atoms with Gasteiger partial charge in [-0.2, -0.15) is 5.26 Å². The van der Waals surface area contributed by atoms with E-state index in [0.29, 0.717) is 18.1 Å². The van der Waals surface area contributed by atoms with Crippen LogP contribution in [0.3, 0.4) is 0 Å². The lowest BCUT2D eigenvalue weighted by atomic mass is 10.1. The van der Waals surface area contributed by atoms with Crippen LogP contribution in [0, 0.1) is 18.3 Å². The van der Waals surface area contributed by atoms with Gasteiger partial charge < -0.3 is 10.1 Å². The van der Waals surface area contributed by atoms with Crippen molar-refractivity contribution in [2.75, 3.05) is 5.32 Å². The maximum absolute atomic E-state index is 8.72. The van der Waals surface area contributed by atoms with Crippen molar-refractivity contribution >= 4 is 5.82 Å². The summed E-state index contributed by atoms with van der Waals surface area (Å²) in [6.07, 6.45) is 4.15. The third-order valence-corrected chi connectivity index (χ3v) is 3.35. The van der Waals surface area contributed by atoms with Gasteiger partial charge in [0.1, 0.15) is 17.6 Å². The van der Waals surface area contributed by atoms with Crippen molar-refractivity contribution in [3.8, 4) is 11.8 Å². The zero-order chi connectivity index (χ0) is 15.9. The molecule has 0 aliphatic rings. The summed E-state index contributed by atoms with van der Waals surface area (Å²) in [5.41, 5.74) is 2.54. The highest BCUT2D eigenvalue weighted by Crippen LogP contribution is 2.23. The second kappa shape index (κ2) is 7.41. The highest BCUT2D eigenvalue weighted by molar-refractivity contribution is 5.41. The molecule has 1 heterocycles. The minimum absolute atomic E-state index is 0.176. The zero-order valence-electron chi connectivity index (χ0n) is 13.1. The Hall–Kier alpha value is -2.61. The second-order valence-corrected chi connectivity index (χ2v) is 5.20. The normalized spacial score (nSPS) is 11.5. The first-order valence-corrected chi connectivity index (χ1v) is 7.34. The largest absolute Gasteiger partial charge is 0.490 e. The van der Waals surface area contributed by atoms with Crippen LogP contribution in [0.15, 0.2) is 30.6 Å². The average molecular weight is 296 g/mol. The van der Waals surface area contributed by atoms with Gasteiger partial charge in [0.25, 0.3) is 0 Å². The van der Waals surface area contributed by atoms with E-state index in [1.54, 1.807) is 6.20 Å². The maximum Gasteiger partial charge on any atom is 0.158 e.